The molecule has 0 saturated heterocycles. The van der Waals surface area contributed by atoms with Crippen molar-refractivity contribution in [2.75, 3.05) is 26.4 Å². The van der Waals surface area contributed by atoms with Gasteiger partial charge in [0.05, 0.1) is 25.9 Å². The fraction of sp³-hybridized carbons (Fsp3) is 0.609. The van der Waals surface area contributed by atoms with Crippen molar-refractivity contribution in [3.63, 3.8) is 0 Å². The summed E-state index contributed by atoms with van der Waals surface area (Å²) in [6, 6.07) is 0. The highest BCUT2D eigenvalue weighted by Crippen LogP contribution is 2.43. The van der Waals surface area contributed by atoms with Gasteiger partial charge in [0, 0.05) is 12.8 Å². The number of phosphoric ester groups is 1. The summed E-state index contributed by atoms with van der Waals surface area (Å²) >= 11 is 0. The molecule has 0 radical (unpaired) electrons. The third-order valence-electron chi connectivity index (χ3n) is 8.34. The number of unbranched alkanes of at least 4 members (excludes halogenated alkanes) is 9. The van der Waals surface area contributed by atoms with Crippen LogP contribution in [0.5, 0.6) is 0 Å². The van der Waals surface area contributed by atoms with Crippen LogP contribution in [-0.2, 0) is 32.7 Å². The first-order valence-electron chi connectivity index (χ1n) is 21.3. The zero-order chi connectivity index (χ0) is 42.8. The Morgan fingerprint density at radius 2 is 1.19 bits per heavy atom. The average Bonchev–Trinajstić information content (AvgIpc) is 3.21. The molecule has 0 bridgehead atoms. The molecular formula is C46H75O11P. The van der Waals surface area contributed by atoms with Crippen LogP contribution in [0.4, 0.5) is 0 Å². The van der Waals surface area contributed by atoms with E-state index in [0.717, 1.165) is 64.2 Å². The molecule has 0 aliphatic rings. The van der Waals surface area contributed by atoms with Crippen LogP contribution in [0.2, 0.25) is 0 Å². The molecule has 0 heterocycles. The first-order chi connectivity index (χ1) is 28.1. The molecule has 0 aliphatic carbocycles. The monoisotopic (exact) mass is 835 g/mol. The number of hydrogen-bond acceptors (Lipinski definition) is 10. The Bertz CT molecular complexity index is 1300. The highest BCUT2D eigenvalue weighted by molar-refractivity contribution is 7.47. The molecule has 330 valence electrons. The second-order valence-electron chi connectivity index (χ2n) is 13.9. The van der Waals surface area contributed by atoms with Gasteiger partial charge in [0.15, 0.2) is 6.10 Å². The average molecular weight is 835 g/mol. The lowest BCUT2D eigenvalue weighted by Crippen LogP contribution is -2.29. The second-order valence-corrected chi connectivity index (χ2v) is 15.3. The van der Waals surface area contributed by atoms with E-state index in [1.807, 2.05) is 12.2 Å². The quantitative estimate of drug-likeness (QED) is 0.0154. The number of esters is 2. The minimum atomic E-state index is -4.67. The van der Waals surface area contributed by atoms with E-state index >= 15 is 0 Å². The molecule has 0 spiro atoms. The Morgan fingerprint density at radius 1 is 0.603 bits per heavy atom. The fourth-order valence-electron chi connectivity index (χ4n) is 5.03. The Labute approximate surface area is 349 Å². The molecule has 0 fully saturated rings. The summed E-state index contributed by atoms with van der Waals surface area (Å²) in [5, 5.41) is 28.5. The smallest absolute Gasteiger partial charge is 0.462 e. The summed E-state index contributed by atoms with van der Waals surface area (Å²) in [5.41, 5.74) is 0. The normalized spacial score (nSPS) is 15.3. The van der Waals surface area contributed by atoms with E-state index in [-0.39, 0.29) is 12.8 Å². The number of aliphatic hydroxyl groups excluding tert-OH is 3. The Kier molecular flexibility index (Phi) is 38.4. The number of allylic oxidation sites excluding steroid dienone is 14. The Balaban J connectivity index is 4.57. The maximum atomic E-state index is 12.6. The third-order valence-corrected chi connectivity index (χ3v) is 9.29. The summed E-state index contributed by atoms with van der Waals surface area (Å²) in [6.07, 6.45) is 45.5. The molecular weight excluding hydrogens is 759 g/mol. The third kappa shape index (κ3) is 39.7. The van der Waals surface area contributed by atoms with Crippen molar-refractivity contribution in [2.24, 2.45) is 0 Å². The highest BCUT2D eigenvalue weighted by Gasteiger charge is 2.27. The zero-order valence-corrected chi connectivity index (χ0v) is 36.2. The van der Waals surface area contributed by atoms with Crippen molar-refractivity contribution in [1.29, 1.82) is 0 Å². The van der Waals surface area contributed by atoms with Gasteiger partial charge in [-0.25, -0.2) is 4.57 Å². The number of phosphoric acid groups is 1. The largest absolute Gasteiger partial charge is 0.472 e. The molecule has 4 N–H and O–H groups in total. The zero-order valence-electron chi connectivity index (χ0n) is 35.3. The predicted molar refractivity (Wildman–Crippen MR) is 234 cm³/mol. The van der Waals surface area contributed by atoms with Crippen molar-refractivity contribution in [3.05, 3.63) is 97.2 Å². The maximum absolute atomic E-state index is 12.6. The number of carbonyl (C=O) groups is 2. The van der Waals surface area contributed by atoms with Crippen LogP contribution in [-0.4, -0.2) is 76.9 Å². The topological polar surface area (TPSA) is 169 Å². The van der Waals surface area contributed by atoms with E-state index in [1.54, 1.807) is 24.3 Å². The molecule has 4 atom stereocenters. The van der Waals surface area contributed by atoms with E-state index in [2.05, 4.69) is 79.1 Å². The van der Waals surface area contributed by atoms with Gasteiger partial charge in [-0.15, -0.1) is 0 Å². The molecule has 0 rings (SSSR count). The molecule has 0 saturated carbocycles. The first-order valence-corrected chi connectivity index (χ1v) is 22.8. The van der Waals surface area contributed by atoms with Gasteiger partial charge < -0.3 is 29.7 Å². The molecule has 11 nitrogen and oxygen atoms in total. The van der Waals surface area contributed by atoms with E-state index in [4.69, 9.17) is 19.1 Å². The molecule has 2 unspecified atom stereocenters. The van der Waals surface area contributed by atoms with Crippen LogP contribution in [0.3, 0.4) is 0 Å². The molecule has 0 aromatic carbocycles. The summed E-state index contributed by atoms with van der Waals surface area (Å²) in [6.45, 7) is 2.00. The van der Waals surface area contributed by atoms with Gasteiger partial charge in [0.1, 0.15) is 12.7 Å². The first kappa shape index (κ1) is 54.9. The standard InChI is InChI=1S/C46H75O11P/c1-3-5-7-9-11-13-15-17-18-20-22-24-26-28-32-37-46(51)57-44(41-56-58(52,53)55-39-43(49)38-47)40-54-45(50)36-33-29-31-35-42(48)34-30-27-25-23-21-19-16-14-12-10-8-6-4-2/h6,8,12-15,17-19,21,25,27,29-31,34,42-44,47-49H,3-5,7,9-11,16,20,22-24,26,28,32-33,35-41H2,1-2H3,(H,52,53)/b8-6-,14-12-,15-13-,18-17-,21-19-,27-25-,31-29-,34-30-/t42?,43-,44+/m0/s1. The van der Waals surface area contributed by atoms with Gasteiger partial charge >= 0.3 is 19.8 Å². The van der Waals surface area contributed by atoms with Gasteiger partial charge in [-0.1, -0.05) is 150 Å². The Morgan fingerprint density at radius 3 is 1.84 bits per heavy atom. The summed E-state index contributed by atoms with van der Waals surface area (Å²) in [5.74, 6) is -1.13. The summed E-state index contributed by atoms with van der Waals surface area (Å²) in [7, 11) is -4.67. The minimum absolute atomic E-state index is 0.0260. The van der Waals surface area contributed by atoms with Crippen LogP contribution in [0.25, 0.3) is 0 Å². The van der Waals surface area contributed by atoms with Gasteiger partial charge in [0.2, 0.25) is 0 Å². The van der Waals surface area contributed by atoms with Crippen molar-refractivity contribution >= 4 is 19.8 Å². The number of hydrogen-bond donors (Lipinski definition) is 4. The molecule has 0 aromatic heterocycles. The van der Waals surface area contributed by atoms with Crippen molar-refractivity contribution in [3.8, 4) is 0 Å². The van der Waals surface area contributed by atoms with Gasteiger partial charge in [-0.2, -0.15) is 0 Å². The Hall–Kier alpha value is -3.15. The van der Waals surface area contributed by atoms with Crippen LogP contribution >= 0.6 is 7.82 Å². The SMILES string of the molecule is CC/C=C\C/C=C\C/C=C\C/C=C\C=C/C(O)C/C=C\CCC(=O)OC[C@H](COP(=O)(O)OC[C@@H](O)CO)OC(=O)CCCCCCC/C=C\C=C/CCCCCC. The number of rotatable bonds is 38. The minimum Gasteiger partial charge on any atom is -0.462 e. The van der Waals surface area contributed by atoms with Crippen molar-refractivity contribution in [2.45, 2.75) is 154 Å². The number of carbonyl (C=O) groups excluding carboxylic acids is 2. The van der Waals surface area contributed by atoms with Gasteiger partial charge in [-0.05, 0) is 70.6 Å². The van der Waals surface area contributed by atoms with E-state index in [0.29, 0.717) is 19.3 Å². The lowest BCUT2D eigenvalue weighted by molar-refractivity contribution is -0.161. The summed E-state index contributed by atoms with van der Waals surface area (Å²) < 4.78 is 32.5. The predicted octanol–water partition coefficient (Wildman–Crippen LogP) is 10.2. The van der Waals surface area contributed by atoms with E-state index < -0.39 is 64.5 Å². The summed E-state index contributed by atoms with van der Waals surface area (Å²) in [4.78, 5) is 35.0. The van der Waals surface area contributed by atoms with Crippen LogP contribution < -0.4 is 0 Å². The fourth-order valence-corrected chi connectivity index (χ4v) is 5.82. The molecule has 58 heavy (non-hydrogen) atoms. The maximum Gasteiger partial charge on any atom is 0.472 e. The van der Waals surface area contributed by atoms with Crippen LogP contribution in [0.15, 0.2) is 97.2 Å². The second kappa shape index (κ2) is 40.6. The van der Waals surface area contributed by atoms with E-state index in [9.17, 15) is 29.3 Å². The highest BCUT2D eigenvalue weighted by atomic mass is 31.2. The van der Waals surface area contributed by atoms with E-state index in [1.165, 1.54) is 25.7 Å². The van der Waals surface area contributed by atoms with Gasteiger partial charge in [0.25, 0.3) is 0 Å². The van der Waals surface area contributed by atoms with Crippen LogP contribution in [0, 0.1) is 0 Å². The van der Waals surface area contributed by atoms with Gasteiger partial charge in [-0.3, -0.25) is 18.6 Å². The lowest BCUT2D eigenvalue weighted by Gasteiger charge is -2.20. The molecule has 0 aliphatic heterocycles. The lowest BCUT2D eigenvalue weighted by atomic mass is 10.1. The van der Waals surface area contributed by atoms with Crippen molar-refractivity contribution < 1.29 is 52.9 Å². The molecule has 0 amide bonds. The molecule has 12 heteroatoms. The van der Waals surface area contributed by atoms with Crippen molar-refractivity contribution in [1.82, 2.24) is 0 Å². The number of aliphatic hydroxyl groups is 3. The molecule has 0 aromatic rings. The number of ether oxygens (including phenoxy) is 2. The van der Waals surface area contributed by atoms with Crippen LogP contribution in [0.1, 0.15) is 136 Å².